The Kier molecular flexibility index (Phi) is 3.14. The van der Waals surface area contributed by atoms with E-state index in [1.807, 2.05) is 0 Å². The lowest BCUT2D eigenvalue weighted by Gasteiger charge is -2.11. The van der Waals surface area contributed by atoms with E-state index in [2.05, 4.69) is 13.8 Å². The highest BCUT2D eigenvalue weighted by Gasteiger charge is 2.57. The summed E-state index contributed by atoms with van der Waals surface area (Å²) in [5.41, 5.74) is 5.76. The van der Waals surface area contributed by atoms with Gasteiger partial charge < -0.3 is 5.73 Å². The Labute approximate surface area is 109 Å². The second kappa shape index (κ2) is 4.14. The van der Waals surface area contributed by atoms with E-state index in [0.717, 1.165) is 11.6 Å². The van der Waals surface area contributed by atoms with Crippen molar-refractivity contribution in [2.45, 2.75) is 25.9 Å². The fourth-order valence-corrected chi connectivity index (χ4v) is 3.10. The van der Waals surface area contributed by atoms with E-state index < -0.39 is 11.7 Å². The number of benzene rings is 1. The van der Waals surface area contributed by atoms with E-state index in [-0.39, 0.29) is 16.4 Å². The standard InChI is InChI=1S/C13H15ClF3N/c1-12(2)9(6-18)11(12)7-3-4-8(10(14)5-7)13(15,16)17/h3-5,9,11H,6,18H2,1-2H3. The summed E-state index contributed by atoms with van der Waals surface area (Å²) in [7, 11) is 0. The molecule has 2 N–H and O–H groups in total. The first-order valence-corrected chi connectivity index (χ1v) is 6.14. The smallest absolute Gasteiger partial charge is 0.330 e. The fraction of sp³-hybridized carbons (Fsp3) is 0.538. The lowest BCUT2D eigenvalue weighted by Crippen LogP contribution is -2.06. The molecule has 0 saturated heterocycles. The predicted molar refractivity (Wildman–Crippen MR) is 65.5 cm³/mol. The quantitative estimate of drug-likeness (QED) is 0.867. The summed E-state index contributed by atoms with van der Waals surface area (Å²) < 4.78 is 37.8. The maximum atomic E-state index is 12.6. The van der Waals surface area contributed by atoms with Crippen LogP contribution in [-0.2, 0) is 6.18 Å². The van der Waals surface area contributed by atoms with Crippen molar-refractivity contribution < 1.29 is 13.2 Å². The molecule has 100 valence electrons. The molecule has 0 amide bonds. The molecule has 1 aromatic rings. The molecule has 0 aromatic heterocycles. The molecule has 5 heteroatoms. The molecule has 1 fully saturated rings. The van der Waals surface area contributed by atoms with Crippen LogP contribution in [-0.4, -0.2) is 6.54 Å². The van der Waals surface area contributed by atoms with Gasteiger partial charge >= 0.3 is 6.18 Å². The Balaban J connectivity index is 2.32. The third kappa shape index (κ3) is 2.12. The largest absolute Gasteiger partial charge is 0.417 e. The van der Waals surface area contributed by atoms with Crippen LogP contribution in [0.25, 0.3) is 0 Å². The Morgan fingerprint density at radius 1 is 1.33 bits per heavy atom. The van der Waals surface area contributed by atoms with Gasteiger partial charge in [0.1, 0.15) is 0 Å². The normalized spacial score (nSPS) is 26.2. The highest BCUT2D eigenvalue weighted by Crippen LogP contribution is 2.64. The SMILES string of the molecule is CC1(C)C(CN)C1c1ccc(C(F)(F)F)c(Cl)c1. The molecule has 2 unspecified atom stereocenters. The zero-order chi connectivity index (χ0) is 13.7. The van der Waals surface area contributed by atoms with Crippen LogP contribution in [0.15, 0.2) is 18.2 Å². The monoisotopic (exact) mass is 277 g/mol. The van der Waals surface area contributed by atoms with Gasteiger partial charge in [-0.3, -0.25) is 0 Å². The third-order valence-electron chi connectivity index (χ3n) is 3.96. The minimum absolute atomic E-state index is 0.0395. The van der Waals surface area contributed by atoms with Gasteiger partial charge in [0.2, 0.25) is 0 Å². The average Bonchev–Trinajstić information content (AvgIpc) is 2.78. The van der Waals surface area contributed by atoms with Crippen molar-refractivity contribution in [2.75, 3.05) is 6.54 Å². The Morgan fingerprint density at radius 2 is 1.94 bits per heavy atom. The van der Waals surface area contributed by atoms with Crippen molar-refractivity contribution in [1.29, 1.82) is 0 Å². The molecule has 1 aliphatic carbocycles. The molecule has 2 rings (SSSR count). The van der Waals surface area contributed by atoms with Crippen molar-refractivity contribution in [3.63, 3.8) is 0 Å². The van der Waals surface area contributed by atoms with E-state index in [9.17, 15) is 13.2 Å². The maximum absolute atomic E-state index is 12.6. The molecular weight excluding hydrogens is 263 g/mol. The summed E-state index contributed by atoms with van der Waals surface area (Å²) in [6, 6.07) is 3.99. The molecular formula is C13H15ClF3N. The molecule has 0 bridgehead atoms. The highest BCUT2D eigenvalue weighted by atomic mass is 35.5. The molecule has 1 aliphatic rings. The Bertz CT molecular complexity index is 468. The first kappa shape index (κ1) is 13.7. The van der Waals surface area contributed by atoms with Gasteiger partial charge in [-0.2, -0.15) is 13.2 Å². The summed E-state index contributed by atoms with van der Waals surface area (Å²) in [6.07, 6.45) is -4.40. The lowest BCUT2D eigenvalue weighted by molar-refractivity contribution is -0.137. The van der Waals surface area contributed by atoms with E-state index in [0.29, 0.717) is 12.5 Å². The van der Waals surface area contributed by atoms with Crippen molar-refractivity contribution in [2.24, 2.45) is 17.1 Å². The molecule has 1 saturated carbocycles. The van der Waals surface area contributed by atoms with Gasteiger partial charge in [0.25, 0.3) is 0 Å². The number of hydrogen-bond acceptors (Lipinski definition) is 1. The summed E-state index contributed by atoms with van der Waals surface area (Å²) in [5, 5.41) is -0.238. The van der Waals surface area contributed by atoms with Gasteiger partial charge in [-0.25, -0.2) is 0 Å². The van der Waals surface area contributed by atoms with Crippen LogP contribution in [0.2, 0.25) is 5.02 Å². The van der Waals surface area contributed by atoms with E-state index in [1.165, 1.54) is 12.1 Å². The van der Waals surface area contributed by atoms with E-state index in [1.54, 1.807) is 0 Å². The van der Waals surface area contributed by atoms with Gasteiger partial charge in [-0.15, -0.1) is 0 Å². The van der Waals surface area contributed by atoms with Crippen LogP contribution >= 0.6 is 11.6 Å². The van der Waals surface area contributed by atoms with Gasteiger partial charge in [0.15, 0.2) is 0 Å². The minimum atomic E-state index is -4.40. The number of halogens is 4. The molecule has 0 heterocycles. The van der Waals surface area contributed by atoms with Crippen molar-refractivity contribution >= 4 is 11.6 Å². The number of rotatable bonds is 2. The van der Waals surface area contributed by atoms with Crippen LogP contribution in [0.3, 0.4) is 0 Å². The number of nitrogens with two attached hydrogens (primary N) is 1. The molecule has 0 radical (unpaired) electrons. The summed E-state index contributed by atoms with van der Waals surface area (Å²) in [6.45, 7) is 4.68. The molecule has 2 atom stereocenters. The molecule has 1 nitrogen and oxygen atoms in total. The second-order valence-electron chi connectivity index (χ2n) is 5.38. The zero-order valence-electron chi connectivity index (χ0n) is 10.2. The van der Waals surface area contributed by atoms with E-state index in [4.69, 9.17) is 17.3 Å². The van der Waals surface area contributed by atoms with Gasteiger partial charge in [0, 0.05) is 0 Å². The second-order valence-corrected chi connectivity index (χ2v) is 5.79. The minimum Gasteiger partial charge on any atom is -0.330 e. The molecule has 0 spiro atoms. The van der Waals surface area contributed by atoms with Crippen LogP contribution in [0.1, 0.15) is 30.9 Å². The molecule has 18 heavy (non-hydrogen) atoms. The average molecular weight is 278 g/mol. The summed E-state index contributed by atoms with van der Waals surface area (Å²) in [5.74, 6) is 0.507. The topological polar surface area (TPSA) is 26.0 Å². The first-order chi connectivity index (χ1) is 8.19. The Hall–Kier alpha value is -0.740. The predicted octanol–water partition coefficient (Wildman–Crippen LogP) is 4.06. The Morgan fingerprint density at radius 3 is 2.33 bits per heavy atom. The van der Waals surface area contributed by atoms with Crippen LogP contribution in [0.5, 0.6) is 0 Å². The molecule has 1 aromatic carbocycles. The van der Waals surface area contributed by atoms with Crippen molar-refractivity contribution in [1.82, 2.24) is 0 Å². The van der Waals surface area contributed by atoms with Crippen LogP contribution in [0.4, 0.5) is 13.2 Å². The van der Waals surface area contributed by atoms with E-state index >= 15 is 0 Å². The van der Waals surface area contributed by atoms with Gasteiger partial charge in [-0.1, -0.05) is 31.5 Å². The zero-order valence-corrected chi connectivity index (χ0v) is 10.9. The van der Waals surface area contributed by atoms with Gasteiger partial charge in [0.05, 0.1) is 10.6 Å². The lowest BCUT2D eigenvalue weighted by atomic mass is 10.0. The fourth-order valence-electron chi connectivity index (χ4n) is 2.80. The summed E-state index contributed by atoms with van der Waals surface area (Å²) in [4.78, 5) is 0. The van der Waals surface area contributed by atoms with Crippen molar-refractivity contribution in [3.05, 3.63) is 34.3 Å². The number of alkyl halides is 3. The first-order valence-electron chi connectivity index (χ1n) is 5.76. The van der Waals surface area contributed by atoms with Gasteiger partial charge in [-0.05, 0) is 41.5 Å². The number of hydrogen-bond donors (Lipinski definition) is 1. The highest BCUT2D eigenvalue weighted by molar-refractivity contribution is 6.31. The van der Waals surface area contributed by atoms with Crippen molar-refractivity contribution in [3.8, 4) is 0 Å². The molecule has 0 aliphatic heterocycles. The van der Waals surface area contributed by atoms with Crippen LogP contribution in [0, 0.1) is 11.3 Å². The van der Waals surface area contributed by atoms with Crippen LogP contribution < -0.4 is 5.73 Å². The third-order valence-corrected chi connectivity index (χ3v) is 4.27. The summed E-state index contributed by atoms with van der Waals surface area (Å²) >= 11 is 5.72. The maximum Gasteiger partial charge on any atom is 0.417 e.